The lowest BCUT2D eigenvalue weighted by Gasteiger charge is -2.36. The number of para-hydroxylation sites is 1. The van der Waals surface area contributed by atoms with Crippen molar-refractivity contribution in [1.29, 1.82) is 0 Å². The topological polar surface area (TPSA) is 80.3 Å². The molecule has 8 heteroatoms. The van der Waals surface area contributed by atoms with Gasteiger partial charge in [0.1, 0.15) is 0 Å². The molecule has 1 aromatic carbocycles. The van der Waals surface area contributed by atoms with Crippen molar-refractivity contribution < 1.29 is 9.59 Å². The molecule has 0 spiro atoms. The van der Waals surface area contributed by atoms with Gasteiger partial charge in [-0.1, -0.05) is 25.1 Å². The molecule has 3 rings (SSSR count). The number of carbonyl (C=O) groups is 2. The van der Waals surface area contributed by atoms with Crippen LogP contribution >= 0.6 is 0 Å². The Balaban J connectivity index is 1.42. The van der Waals surface area contributed by atoms with Crippen LogP contribution in [0.2, 0.25) is 0 Å². The standard InChI is InChI=1S/C23H36N6O2/c1-3-21(30)29-13-11-19(18-29)26-23(24-4-2)25-12-10-22(31)28-16-14-27(15-17-28)20-8-6-5-7-9-20/h5-9,19H,3-4,10-18H2,1-2H3,(H2,24,25,26). The number of hydrogen-bond donors (Lipinski definition) is 2. The monoisotopic (exact) mass is 428 g/mol. The van der Waals surface area contributed by atoms with Gasteiger partial charge in [0.2, 0.25) is 11.8 Å². The summed E-state index contributed by atoms with van der Waals surface area (Å²) in [6, 6.07) is 10.5. The van der Waals surface area contributed by atoms with E-state index in [1.807, 2.05) is 41.8 Å². The summed E-state index contributed by atoms with van der Waals surface area (Å²) >= 11 is 0. The molecule has 2 amide bonds. The van der Waals surface area contributed by atoms with Crippen LogP contribution in [0, 0.1) is 0 Å². The molecule has 0 saturated carbocycles. The number of benzene rings is 1. The zero-order valence-corrected chi connectivity index (χ0v) is 18.8. The summed E-state index contributed by atoms with van der Waals surface area (Å²) in [6.07, 6.45) is 1.87. The molecule has 170 valence electrons. The summed E-state index contributed by atoms with van der Waals surface area (Å²) in [5, 5.41) is 6.67. The van der Waals surface area contributed by atoms with Crippen molar-refractivity contribution in [3.63, 3.8) is 0 Å². The van der Waals surface area contributed by atoms with Crippen molar-refractivity contribution >= 4 is 23.5 Å². The van der Waals surface area contributed by atoms with Gasteiger partial charge in [0.15, 0.2) is 5.96 Å². The Kier molecular flexibility index (Phi) is 8.55. The first kappa shape index (κ1) is 22.9. The predicted octanol–water partition coefficient (Wildman–Crippen LogP) is 1.29. The van der Waals surface area contributed by atoms with Crippen molar-refractivity contribution in [1.82, 2.24) is 20.4 Å². The Labute approximate surface area is 185 Å². The Morgan fingerprint density at radius 3 is 2.42 bits per heavy atom. The SMILES string of the molecule is CCNC(=NCCC(=O)N1CCN(c2ccccc2)CC1)NC1CCN(C(=O)CC)C1. The van der Waals surface area contributed by atoms with Gasteiger partial charge in [-0.25, -0.2) is 0 Å². The van der Waals surface area contributed by atoms with Gasteiger partial charge in [-0.15, -0.1) is 0 Å². The lowest BCUT2D eigenvalue weighted by atomic mass is 10.2. The van der Waals surface area contributed by atoms with Gasteiger partial charge in [-0.2, -0.15) is 0 Å². The number of likely N-dealkylation sites (tertiary alicyclic amines) is 1. The number of rotatable bonds is 7. The molecule has 2 fully saturated rings. The highest BCUT2D eigenvalue weighted by atomic mass is 16.2. The van der Waals surface area contributed by atoms with Crippen molar-refractivity contribution in [3.05, 3.63) is 30.3 Å². The van der Waals surface area contributed by atoms with Crippen molar-refractivity contribution in [2.24, 2.45) is 4.99 Å². The summed E-state index contributed by atoms with van der Waals surface area (Å²) in [5.41, 5.74) is 1.21. The smallest absolute Gasteiger partial charge is 0.224 e. The molecular formula is C23H36N6O2. The average molecular weight is 429 g/mol. The third-order valence-corrected chi connectivity index (χ3v) is 5.88. The molecule has 0 aromatic heterocycles. The van der Waals surface area contributed by atoms with Crippen LogP contribution in [-0.2, 0) is 9.59 Å². The average Bonchev–Trinajstić information content (AvgIpc) is 3.28. The van der Waals surface area contributed by atoms with Gasteiger partial charge in [0.05, 0.1) is 6.54 Å². The molecule has 1 atom stereocenters. The lowest BCUT2D eigenvalue weighted by Crippen LogP contribution is -2.49. The minimum absolute atomic E-state index is 0.160. The van der Waals surface area contributed by atoms with Crippen LogP contribution in [0.5, 0.6) is 0 Å². The zero-order chi connectivity index (χ0) is 22.1. The van der Waals surface area contributed by atoms with Crippen LogP contribution in [-0.4, -0.2) is 86.0 Å². The van der Waals surface area contributed by atoms with Gasteiger partial charge in [0.25, 0.3) is 0 Å². The van der Waals surface area contributed by atoms with Crippen LogP contribution < -0.4 is 15.5 Å². The number of carbonyl (C=O) groups excluding carboxylic acids is 2. The zero-order valence-electron chi connectivity index (χ0n) is 18.8. The van der Waals surface area contributed by atoms with E-state index in [2.05, 4.69) is 32.7 Å². The fraction of sp³-hybridized carbons (Fsp3) is 0.609. The second kappa shape index (κ2) is 11.6. The fourth-order valence-corrected chi connectivity index (χ4v) is 4.12. The molecule has 1 aromatic rings. The molecule has 2 aliphatic rings. The maximum absolute atomic E-state index is 12.6. The van der Waals surface area contributed by atoms with E-state index in [0.717, 1.165) is 51.6 Å². The molecule has 0 radical (unpaired) electrons. The van der Waals surface area contributed by atoms with Gasteiger partial charge >= 0.3 is 0 Å². The lowest BCUT2D eigenvalue weighted by molar-refractivity contribution is -0.131. The number of nitrogens with zero attached hydrogens (tertiary/aromatic N) is 4. The number of aliphatic imine (C=N–C) groups is 1. The molecule has 8 nitrogen and oxygen atoms in total. The summed E-state index contributed by atoms with van der Waals surface area (Å²) in [6.45, 7) is 9.85. The Hall–Kier alpha value is -2.77. The molecule has 2 aliphatic heterocycles. The Bertz CT molecular complexity index is 746. The van der Waals surface area contributed by atoms with Crippen molar-refractivity contribution in [2.75, 3.05) is 57.3 Å². The maximum Gasteiger partial charge on any atom is 0.224 e. The maximum atomic E-state index is 12.6. The van der Waals surface area contributed by atoms with Gasteiger partial charge in [-0.05, 0) is 25.5 Å². The molecule has 2 heterocycles. The first-order chi connectivity index (χ1) is 15.1. The van der Waals surface area contributed by atoms with Crippen LogP contribution in [0.4, 0.5) is 5.69 Å². The van der Waals surface area contributed by atoms with E-state index in [0.29, 0.717) is 25.9 Å². The molecule has 1 unspecified atom stereocenters. The number of hydrogen-bond acceptors (Lipinski definition) is 4. The summed E-state index contributed by atoms with van der Waals surface area (Å²) in [4.78, 5) is 35.3. The Morgan fingerprint density at radius 2 is 1.74 bits per heavy atom. The van der Waals surface area contributed by atoms with Crippen molar-refractivity contribution in [2.45, 2.75) is 39.2 Å². The summed E-state index contributed by atoms with van der Waals surface area (Å²) in [5.74, 6) is 1.08. The first-order valence-corrected chi connectivity index (χ1v) is 11.5. The Morgan fingerprint density at radius 1 is 1.00 bits per heavy atom. The van der Waals surface area contributed by atoms with E-state index in [-0.39, 0.29) is 17.9 Å². The molecule has 2 saturated heterocycles. The first-order valence-electron chi connectivity index (χ1n) is 11.5. The number of guanidine groups is 1. The quantitative estimate of drug-likeness (QED) is 0.505. The van der Waals surface area contributed by atoms with Crippen LogP contribution in [0.15, 0.2) is 35.3 Å². The van der Waals surface area contributed by atoms with Crippen LogP contribution in [0.1, 0.15) is 33.1 Å². The van der Waals surface area contributed by atoms with E-state index < -0.39 is 0 Å². The summed E-state index contributed by atoms with van der Waals surface area (Å²) < 4.78 is 0. The number of piperazine rings is 1. The highest BCUT2D eigenvalue weighted by Gasteiger charge is 2.26. The van der Waals surface area contributed by atoms with E-state index in [9.17, 15) is 9.59 Å². The molecular weight excluding hydrogens is 392 g/mol. The molecule has 31 heavy (non-hydrogen) atoms. The minimum Gasteiger partial charge on any atom is -0.368 e. The predicted molar refractivity (Wildman–Crippen MR) is 124 cm³/mol. The van der Waals surface area contributed by atoms with Crippen molar-refractivity contribution in [3.8, 4) is 0 Å². The third kappa shape index (κ3) is 6.60. The van der Waals surface area contributed by atoms with Gasteiger partial charge < -0.3 is 25.3 Å². The highest BCUT2D eigenvalue weighted by Crippen LogP contribution is 2.16. The second-order valence-corrected chi connectivity index (χ2v) is 8.04. The highest BCUT2D eigenvalue weighted by molar-refractivity contribution is 5.81. The second-order valence-electron chi connectivity index (χ2n) is 8.04. The van der Waals surface area contributed by atoms with Gasteiger partial charge in [0, 0.05) is 70.4 Å². The number of anilines is 1. The van der Waals surface area contributed by atoms with Crippen LogP contribution in [0.3, 0.4) is 0 Å². The van der Waals surface area contributed by atoms with Gasteiger partial charge in [-0.3, -0.25) is 14.6 Å². The molecule has 2 N–H and O–H groups in total. The normalized spacial score (nSPS) is 19.5. The number of amides is 2. The number of nitrogens with one attached hydrogen (secondary N) is 2. The van der Waals surface area contributed by atoms with E-state index in [1.54, 1.807) is 0 Å². The fourth-order valence-electron chi connectivity index (χ4n) is 4.12. The summed E-state index contributed by atoms with van der Waals surface area (Å²) in [7, 11) is 0. The van der Waals surface area contributed by atoms with Crippen LogP contribution in [0.25, 0.3) is 0 Å². The van der Waals surface area contributed by atoms with E-state index in [1.165, 1.54) is 5.69 Å². The molecule has 0 aliphatic carbocycles. The largest absolute Gasteiger partial charge is 0.368 e. The minimum atomic E-state index is 0.160. The third-order valence-electron chi connectivity index (χ3n) is 5.88. The van der Waals surface area contributed by atoms with E-state index >= 15 is 0 Å². The van der Waals surface area contributed by atoms with E-state index in [4.69, 9.17) is 0 Å². The molecule has 0 bridgehead atoms.